The average Bonchev–Trinajstić information content (AvgIpc) is 2.30. The minimum absolute atomic E-state index is 0.131. The first-order chi connectivity index (χ1) is 7.65. The molecule has 0 fully saturated rings. The number of rotatable bonds is 6. The third-order valence-corrected chi connectivity index (χ3v) is 3.85. The van der Waals surface area contributed by atoms with E-state index in [2.05, 4.69) is 0 Å². The normalized spacial score (nSPS) is 14.4. The van der Waals surface area contributed by atoms with Gasteiger partial charge < -0.3 is 0 Å². The zero-order chi connectivity index (χ0) is 12.0. The van der Waals surface area contributed by atoms with Crippen molar-refractivity contribution in [3.05, 3.63) is 40.4 Å². The van der Waals surface area contributed by atoms with Gasteiger partial charge in [0.2, 0.25) is 6.04 Å². The van der Waals surface area contributed by atoms with Crippen molar-refractivity contribution in [1.82, 2.24) is 0 Å². The van der Waals surface area contributed by atoms with Gasteiger partial charge in [-0.05, 0) is 18.6 Å². The zero-order valence-corrected chi connectivity index (χ0v) is 10.4. The second-order valence-electron chi connectivity index (χ2n) is 3.86. The van der Waals surface area contributed by atoms with E-state index < -0.39 is 6.04 Å². The van der Waals surface area contributed by atoms with Crippen LogP contribution in [0, 0.1) is 16.0 Å². The van der Waals surface area contributed by atoms with Crippen molar-refractivity contribution in [3.63, 3.8) is 0 Å². The van der Waals surface area contributed by atoms with Crippen LogP contribution in [0.4, 0.5) is 0 Å². The van der Waals surface area contributed by atoms with Gasteiger partial charge in [0.15, 0.2) is 0 Å². The van der Waals surface area contributed by atoms with Crippen molar-refractivity contribution in [2.24, 2.45) is 5.92 Å². The predicted octanol–water partition coefficient (Wildman–Crippen LogP) is 3.47. The fraction of sp³-hybridized carbons (Fsp3) is 0.500. The molecule has 0 N–H and O–H groups in total. The molecule has 0 aliphatic heterocycles. The fourth-order valence-electron chi connectivity index (χ4n) is 1.40. The van der Waals surface area contributed by atoms with Gasteiger partial charge in [0, 0.05) is 15.7 Å². The molecule has 0 saturated heterocycles. The molecule has 0 spiro atoms. The molecule has 1 aromatic carbocycles. The van der Waals surface area contributed by atoms with E-state index in [-0.39, 0.29) is 10.8 Å². The highest BCUT2D eigenvalue weighted by Crippen LogP contribution is 2.22. The van der Waals surface area contributed by atoms with E-state index in [0.717, 1.165) is 11.3 Å². The van der Waals surface area contributed by atoms with Gasteiger partial charge in [-0.25, -0.2) is 0 Å². The topological polar surface area (TPSA) is 43.1 Å². The molecular formula is C12H17NO2S. The highest BCUT2D eigenvalue weighted by Gasteiger charge is 2.26. The molecule has 4 heteroatoms. The lowest BCUT2D eigenvalue weighted by Crippen LogP contribution is -2.29. The Morgan fingerprint density at radius 3 is 2.50 bits per heavy atom. The van der Waals surface area contributed by atoms with Crippen molar-refractivity contribution in [2.45, 2.75) is 31.2 Å². The molecule has 0 aliphatic carbocycles. The average molecular weight is 239 g/mol. The summed E-state index contributed by atoms with van der Waals surface area (Å²) in [5.74, 6) is 0.678. The molecule has 1 rings (SSSR count). The lowest BCUT2D eigenvalue weighted by atomic mass is 10.0. The maximum Gasteiger partial charge on any atom is 0.224 e. The van der Waals surface area contributed by atoms with Gasteiger partial charge in [-0.15, -0.1) is 11.8 Å². The van der Waals surface area contributed by atoms with E-state index in [0.29, 0.717) is 5.75 Å². The van der Waals surface area contributed by atoms with Crippen molar-refractivity contribution in [3.8, 4) is 0 Å². The number of hydrogen-bond acceptors (Lipinski definition) is 3. The van der Waals surface area contributed by atoms with Crippen molar-refractivity contribution >= 4 is 11.8 Å². The summed E-state index contributed by atoms with van der Waals surface area (Å²) in [4.78, 5) is 11.9. The Kier molecular flexibility index (Phi) is 5.32. The van der Waals surface area contributed by atoms with Crippen LogP contribution in [0.25, 0.3) is 0 Å². The number of nitro groups is 1. The van der Waals surface area contributed by atoms with Crippen LogP contribution in [0.2, 0.25) is 0 Å². The van der Waals surface area contributed by atoms with Crippen LogP contribution in [0.1, 0.15) is 20.3 Å². The van der Waals surface area contributed by atoms with Crippen LogP contribution in [0.3, 0.4) is 0 Å². The van der Waals surface area contributed by atoms with E-state index in [1.807, 2.05) is 44.2 Å². The van der Waals surface area contributed by atoms with Gasteiger partial charge in [-0.2, -0.15) is 0 Å². The van der Waals surface area contributed by atoms with Crippen LogP contribution < -0.4 is 0 Å². The molecule has 0 saturated carbocycles. The Bertz CT molecular complexity index is 329. The van der Waals surface area contributed by atoms with E-state index in [4.69, 9.17) is 0 Å². The Morgan fingerprint density at radius 1 is 1.38 bits per heavy atom. The van der Waals surface area contributed by atoms with Gasteiger partial charge in [0.1, 0.15) is 0 Å². The van der Waals surface area contributed by atoms with Crippen molar-refractivity contribution in [2.75, 3.05) is 5.75 Å². The molecule has 0 aromatic heterocycles. The first-order valence-corrected chi connectivity index (χ1v) is 6.45. The van der Waals surface area contributed by atoms with E-state index >= 15 is 0 Å². The second-order valence-corrected chi connectivity index (χ2v) is 4.96. The lowest BCUT2D eigenvalue weighted by Gasteiger charge is -2.14. The molecule has 0 aliphatic rings. The number of benzene rings is 1. The smallest absolute Gasteiger partial charge is 0.224 e. The summed E-state index contributed by atoms with van der Waals surface area (Å²) in [6, 6.07) is 9.37. The fourth-order valence-corrected chi connectivity index (χ4v) is 2.57. The highest BCUT2D eigenvalue weighted by atomic mass is 32.2. The van der Waals surface area contributed by atoms with E-state index in [9.17, 15) is 10.1 Å². The summed E-state index contributed by atoms with van der Waals surface area (Å²) >= 11 is 1.56. The third-order valence-electron chi connectivity index (χ3n) is 2.74. The van der Waals surface area contributed by atoms with Crippen LogP contribution >= 0.6 is 11.8 Å². The molecule has 2 unspecified atom stereocenters. The minimum Gasteiger partial charge on any atom is -0.264 e. The Labute approximate surface area is 100 Å². The van der Waals surface area contributed by atoms with Gasteiger partial charge in [0.05, 0.1) is 5.75 Å². The number of hydrogen-bond donors (Lipinski definition) is 0. The zero-order valence-electron chi connectivity index (χ0n) is 9.63. The summed E-state index contributed by atoms with van der Waals surface area (Å²) in [7, 11) is 0. The molecule has 3 nitrogen and oxygen atoms in total. The summed E-state index contributed by atoms with van der Waals surface area (Å²) in [5.41, 5.74) is 0. The maximum absolute atomic E-state index is 10.9. The molecule has 88 valence electrons. The summed E-state index contributed by atoms with van der Waals surface area (Å²) < 4.78 is 0. The third kappa shape index (κ3) is 3.85. The largest absolute Gasteiger partial charge is 0.264 e. The summed E-state index contributed by atoms with van der Waals surface area (Å²) in [6.07, 6.45) is 0.848. The minimum atomic E-state index is -0.449. The van der Waals surface area contributed by atoms with Crippen LogP contribution in [0.5, 0.6) is 0 Å². The standard InChI is InChI=1S/C12H17NO2S/c1-3-10(2)12(13(14)15)9-16-11-7-5-4-6-8-11/h4-8,10,12H,3,9H2,1-2H3. The lowest BCUT2D eigenvalue weighted by molar-refractivity contribution is -0.525. The monoisotopic (exact) mass is 239 g/mol. The maximum atomic E-state index is 10.9. The van der Waals surface area contributed by atoms with Gasteiger partial charge in [-0.3, -0.25) is 10.1 Å². The Balaban J connectivity index is 2.54. The molecule has 1 aromatic rings. The van der Waals surface area contributed by atoms with Gasteiger partial charge in [-0.1, -0.05) is 32.0 Å². The second kappa shape index (κ2) is 6.53. The van der Waals surface area contributed by atoms with Gasteiger partial charge >= 0.3 is 0 Å². The van der Waals surface area contributed by atoms with Crippen LogP contribution in [-0.4, -0.2) is 16.7 Å². The molecule has 0 heterocycles. The first kappa shape index (κ1) is 13.0. The molecule has 0 bridgehead atoms. The Morgan fingerprint density at radius 2 is 2.00 bits per heavy atom. The summed E-state index contributed by atoms with van der Waals surface area (Å²) in [5, 5.41) is 10.9. The molecule has 2 atom stereocenters. The molecule has 0 radical (unpaired) electrons. The molecule has 16 heavy (non-hydrogen) atoms. The quantitative estimate of drug-likeness (QED) is 0.433. The van der Waals surface area contributed by atoms with Crippen molar-refractivity contribution in [1.29, 1.82) is 0 Å². The predicted molar refractivity (Wildman–Crippen MR) is 67.4 cm³/mol. The van der Waals surface area contributed by atoms with E-state index in [1.54, 1.807) is 11.8 Å². The van der Waals surface area contributed by atoms with Gasteiger partial charge in [0.25, 0.3) is 0 Å². The number of nitrogens with zero attached hydrogens (tertiary/aromatic N) is 1. The summed E-state index contributed by atoms with van der Waals surface area (Å²) in [6.45, 7) is 3.94. The van der Waals surface area contributed by atoms with E-state index in [1.165, 1.54) is 0 Å². The number of thioether (sulfide) groups is 1. The molecule has 0 amide bonds. The SMILES string of the molecule is CCC(C)C(CSc1ccccc1)[N+](=O)[O-]. The molecular weight excluding hydrogens is 222 g/mol. The Hall–Kier alpha value is -1.03. The van der Waals surface area contributed by atoms with Crippen molar-refractivity contribution < 1.29 is 4.92 Å². The van der Waals surface area contributed by atoms with Crippen LogP contribution in [-0.2, 0) is 0 Å². The highest BCUT2D eigenvalue weighted by molar-refractivity contribution is 7.99. The van der Waals surface area contributed by atoms with Crippen LogP contribution in [0.15, 0.2) is 35.2 Å². The first-order valence-electron chi connectivity index (χ1n) is 5.46.